The minimum Gasteiger partial charge on any atom is -0.391 e. The third-order valence-corrected chi connectivity index (χ3v) is 10.3. The molecule has 19 nitrogen and oxygen atoms in total. The Bertz CT molecular complexity index is 1750. The van der Waals surface area contributed by atoms with E-state index in [2.05, 4.69) is 31.6 Å². The van der Waals surface area contributed by atoms with Gasteiger partial charge in [-0.15, -0.1) is 11.8 Å². The van der Waals surface area contributed by atoms with Crippen LogP contribution in [0.25, 0.3) is 10.9 Å². The number of para-hydroxylation sites is 1. The van der Waals surface area contributed by atoms with E-state index < -0.39 is 103 Å². The van der Waals surface area contributed by atoms with Gasteiger partial charge < -0.3 is 58.8 Å². The van der Waals surface area contributed by atoms with Crippen LogP contribution in [-0.2, 0) is 44.8 Å². The number of nitrogens with two attached hydrogens (primary N) is 3. The average Bonchev–Trinajstić information content (AvgIpc) is 3.68. The molecule has 3 heterocycles. The number of nitrogens with one attached hydrogen (secondary N) is 6. The highest BCUT2D eigenvalue weighted by atomic mass is 32.2. The van der Waals surface area contributed by atoms with Crippen molar-refractivity contribution in [3.8, 4) is 0 Å². The second-order valence-electron chi connectivity index (χ2n) is 13.1. The van der Waals surface area contributed by atoms with Crippen LogP contribution in [0.15, 0.2) is 29.3 Å². The van der Waals surface area contributed by atoms with Crippen LogP contribution >= 0.6 is 11.8 Å². The third-order valence-electron chi connectivity index (χ3n) is 9.15. The summed E-state index contributed by atoms with van der Waals surface area (Å²) in [6.45, 7) is 2.20. The van der Waals surface area contributed by atoms with E-state index in [0.29, 0.717) is 22.5 Å². The Hall–Kier alpha value is -5.21. The van der Waals surface area contributed by atoms with Crippen LogP contribution < -0.4 is 43.8 Å². The summed E-state index contributed by atoms with van der Waals surface area (Å²) < 4.78 is 0. The quantitative estimate of drug-likeness (QED) is 0.124. The average molecular weight is 759 g/mol. The molecule has 0 spiro atoms. The SMILES string of the molecule is CC[C@H](C)[C@@H]1NC(=O)CNC(=O)C(N)Cc2c([nH]c3ccccc23)SC[C@@H](C(=O)N[C@@H](CC(N)=O)C(=O)N2CC(O)C[C@H]2C(N)=O)NC(=O)CNC1=O. The summed E-state index contributed by atoms with van der Waals surface area (Å²) in [5.41, 5.74) is 18.5. The lowest BCUT2D eigenvalue weighted by Gasteiger charge is -2.28. The second kappa shape index (κ2) is 18.0. The number of likely N-dealkylation sites (tertiary alicyclic amines) is 1. The van der Waals surface area contributed by atoms with Crippen LogP contribution in [0.2, 0.25) is 0 Å². The Morgan fingerprint density at radius 2 is 1.68 bits per heavy atom. The number of amides is 8. The number of aromatic amines is 1. The van der Waals surface area contributed by atoms with Crippen molar-refractivity contribution in [2.75, 3.05) is 25.4 Å². The number of aromatic nitrogens is 1. The maximum absolute atomic E-state index is 13.9. The van der Waals surface area contributed by atoms with E-state index in [1.54, 1.807) is 32.0 Å². The molecule has 13 N–H and O–H groups in total. The molecule has 8 amide bonds. The van der Waals surface area contributed by atoms with Gasteiger partial charge in [0.2, 0.25) is 47.3 Å². The first-order valence-corrected chi connectivity index (χ1v) is 18.1. The zero-order valence-corrected chi connectivity index (χ0v) is 30.1. The number of β-amino-alcohol motifs (C(OH)–C–C–N with tert-alkyl or cyclic N) is 1. The Morgan fingerprint density at radius 1 is 1.02 bits per heavy atom. The predicted octanol–water partition coefficient (Wildman–Crippen LogP) is -3.80. The monoisotopic (exact) mass is 758 g/mol. The molecule has 7 atom stereocenters. The largest absolute Gasteiger partial charge is 0.391 e. The number of hydrogen-bond donors (Lipinski definition) is 10. The standard InChI is InChI=1S/C33H46N10O9S/c1-3-15(2)27-31(51)38-11-25(46)39-22(30(50)40-21(10-24(35)45)33(52)43-13-16(44)8-23(43)28(36)48)14-53-32-18(17-6-4-5-7-20(17)41-32)9-19(34)29(49)37-12-26(47)42-27/h4-7,15-16,19,21-23,27,41,44H,3,8-14,34H2,1-2H3,(H2,35,45)(H2,36,48)(H,37,49)(H,38,51)(H,39,46)(H,40,50)(H,42,47)/t15-,16?,19?,21-,22-,23-,27-/m0/s1. The van der Waals surface area contributed by atoms with Crippen LogP contribution in [-0.4, -0.2) is 124 Å². The van der Waals surface area contributed by atoms with Gasteiger partial charge in [-0.2, -0.15) is 0 Å². The number of thioether (sulfide) groups is 1. The van der Waals surface area contributed by atoms with Gasteiger partial charge in [0.25, 0.3) is 0 Å². The number of carbonyl (C=O) groups is 8. The molecule has 288 valence electrons. The van der Waals surface area contributed by atoms with E-state index in [-0.39, 0.29) is 31.1 Å². The highest BCUT2D eigenvalue weighted by Gasteiger charge is 2.41. The van der Waals surface area contributed by atoms with Gasteiger partial charge in [-0.25, -0.2) is 0 Å². The van der Waals surface area contributed by atoms with Crippen molar-refractivity contribution in [2.24, 2.45) is 23.1 Å². The Balaban J connectivity index is 1.67. The number of aliphatic hydroxyl groups is 1. The van der Waals surface area contributed by atoms with Crippen molar-refractivity contribution < 1.29 is 43.5 Å². The minimum absolute atomic E-state index is 0.0127. The minimum atomic E-state index is -1.60. The zero-order valence-electron chi connectivity index (χ0n) is 29.3. The lowest BCUT2D eigenvalue weighted by Crippen LogP contribution is -2.58. The number of hydrogen-bond acceptors (Lipinski definition) is 11. The zero-order chi connectivity index (χ0) is 39.0. The van der Waals surface area contributed by atoms with Gasteiger partial charge in [0.1, 0.15) is 24.2 Å². The molecule has 1 aromatic carbocycles. The number of carbonyl (C=O) groups excluding carboxylic acids is 8. The topological polar surface area (TPSA) is 314 Å². The van der Waals surface area contributed by atoms with Gasteiger partial charge in [0.05, 0.1) is 36.7 Å². The van der Waals surface area contributed by atoms with E-state index in [1.807, 2.05) is 6.07 Å². The molecule has 2 aliphatic rings. The molecule has 2 aromatic rings. The smallest absolute Gasteiger partial charge is 0.246 e. The second-order valence-corrected chi connectivity index (χ2v) is 14.1. The summed E-state index contributed by atoms with van der Waals surface area (Å²) in [5, 5.41) is 24.0. The first kappa shape index (κ1) is 40.6. The summed E-state index contributed by atoms with van der Waals surface area (Å²) in [7, 11) is 0. The summed E-state index contributed by atoms with van der Waals surface area (Å²) in [5.74, 6) is -6.95. The molecule has 1 aromatic heterocycles. The lowest BCUT2D eigenvalue weighted by molar-refractivity contribution is -0.142. The van der Waals surface area contributed by atoms with Gasteiger partial charge >= 0.3 is 0 Å². The molecule has 0 saturated carbocycles. The fourth-order valence-electron chi connectivity index (χ4n) is 6.11. The number of benzene rings is 1. The summed E-state index contributed by atoms with van der Waals surface area (Å²) >= 11 is 1.09. The van der Waals surface area contributed by atoms with Crippen molar-refractivity contribution >= 4 is 69.9 Å². The Labute approximate surface area is 308 Å². The maximum Gasteiger partial charge on any atom is 0.246 e. The van der Waals surface area contributed by atoms with Crippen LogP contribution in [0, 0.1) is 5.92 Å². The molecule has 20 heteroatoms. The fraction of sp³-hybridized carbons (Fsp3) is 0.515. The third kappa shape index (κ3) is 10.4. The molecule has 2 aliphatic heterocycles. The van der Waals surface area contributed by atoms with E-state index in [9.17, 15) is 43.5 Å². The van der Waals surface area contributed by atoms with Crippen molar-refractivity contribution in [3.05, 3.63) is 29.8 Å². The molecule has 2 unspecified atom stereocenters. The van der Waals surface area contributed by atoms with Gasteiger partial charge in [-0.3, -0.25) is 38.4 Å². The number of aliphatic hydroxyl groups excluding tert-OH is 1. The predicted molar refractivity (Wildman–Crippen MR) is 191 cm³/mol. The normalized spacial score (nSPS) is 24.7. The van der Waals surface area contributed by atoms with Gasteiger partial charge in [0.15, 0.2) is 0 Å². The Kier molecular flexibility index (Phi) is 13.8. The van der Waals surface area contributed by atoms with Gasteiger partial charge in [-0.05, 0) is 24.0 Å². The molecule has 0 aliphatic carbocycles. The summed E-state index contributed by atoms with van der Waals surface area (Å²) in [4.78, 5) is 108. The van der Waals surface area contributed by atoms with E-state index in [1.165, 1.54) is 0 Å². The van der Waals surface area contributed by atoms with Crippen molar-refractivity contribution in [1.82, 2.24) is 36.5 Å². The first-order chi connectivity index (χ1) is 25.1. The number of rotatable bonds is 8. The van der Waals surface area contributed by atoms with Crippen LogP contribution in [0.4, 0.5) is 0 Å². The maximum atomic E-state index is 13.9. The van der Waals surface area contributed by atoms with Gasteiger partial charge in [-0.1, -0.05) is 38.5 Å². The highest BCUT2D eigenvalue weighted by Crippen LogP contribution is 2.31. The number of primary amides is 2. The van der Waals surface area contributed by atoms with Crippen molar-refractivity contribution in [3.63, 3.8) is 0 Å². The van der Waals surface area contributed by atoms with Crippen molar-refractivity contribution in [2.45, 2.75) is 80.9 Å². The molecular formula is C33H46N10O9S. The van der Waals surface area contributed by atoms with Crippen LogP contribution in [0.1, 0.15) is 38.7 Å². The van der Waals surface area contributed by atoms with Gasteiger partial charge in [0, 0.05) is 29.6 Å². The van der Waals surface area contributed by atoms with Crippen molar-refractivity contribution in [1.29, 1.82) is 0 Å². The molecular weight excluding hydrogens is 712 g/mol. The van der Waals surface area contributed by atoms with E-state index in [4.69, 9.17) is 17.2 Å². The molecule has 1 fully saturated rings. The Morgan fingerprint density at radius 3 is 2.34 bits per heavy atom. The number of fused-ring (bicyclic) bond motifs is 3. The van der Waals surface area contributed by atoms with Crippen LogP contribution in [0.5, 0.6) is 0 Å². The molecule has 0 radical (unpaired) electrons. The highest BCUT2D eigenvalue weighted by molar-refractivity contribution is 7.99. The molecule has 0 bridgehead atoms. The summed E-state index contributed by atoms with van der Waals surface area (Å²) in [6, 6.07) is 0.823. The summed E-state index contributed by atoms with van der Waals surface area (Å²) in [6.07, 6.45) is -1.40. The molecule has 1 saturated heterocycles. The molecule has 53 heavy (non-hydrogen) atoms. The number of H-pyrrole nitrogens is 1. The lowest BCUT2D eigenvalue weighted by atomic mass is 9.98. The molecule has 4 rings (SSSR count). The van der Waals surface area contributed by atoms with Crippen LogP contribution in [0.3, 0.4) is 0 Å². The van der Waals surface area contributed by atoms with E-state index >= 15 is 0 Å². The van der Waals surface area contributed by atoms with E-state index in [0.717, 1.165) is 22.0 Å². The number of nitrogens with zero attached hydrogens (tertiary/aromatic N) is 1. The fourth-order valence-corrected chi connectivity index (χ4v) is 7.23. The first-order valence-electron chi connectivity index (χ1n) is 17.1.